The largest absolute Gasteiger partial charge is 0.451 e. The Morgan fingerprint density at radius 1 is 0.941 bits per heavy atom. The normalized spacial score (nSPS) is 10.6. The van der Waals surface area contributed by atoms with Crippen molar-refractivity contribution in [2.24, 2.45) is 0 Å². The van der Waals surface area contributed by atoms with Gasteiger partial charge >= 0.3 is 5.97 Å². The number of anilines is 1. The zero-order chi connectivity index (χ0) is 24.1. The van der Waals surface area contributed by atoms with Gasteiger partial charge in [-0.3, -0.25) is 9.59 Å². The monoisotopic (exact) mass is 456 g/mol. The number of amides is 2. The molecule has 2 N–H and O–H groups in total. The van der Waals surface area contributed by atoms with Gasteiger partial charge in [-0.05, 0) is 43.7 Å². The predicted molar refractivity (Wildman–Crippen MR) is 128 cm³/mol. The number of nitrogens with zero attached hydrogens (tertiary/aromatic N) is 2. The third kappa shape index (κ3) is 5.29. The third-order valence-corrected chi connectivity index (χ3v) is 5.26. The van der Waals surface area contributed by atoms with E-state index in [0.717, 1.165) is 16.8 Å². The van der Waals surface area contributed by atoms with Crippen LogP contribution in [0.3, 0.4) is 0 Å². The SMILES string of the molecule is Cc1ccc(CNC(=O)c2ccccc2NC(=O)COC(=O)c2cn3c(C)cccc3n2)cc1. The lowest BCUT2D eigenvalue weighted by atomic mass is 10.1. The Morgan fingerprint density at radius 3 is 2.47 bits per heavy atom. The van der Waals surface area contributed by atoms with Crippen molar-refractivity contribution in [3.05, 3.63) is 101 Å². The highest BCUT2D eigenvalue weighted by molar-refractivity contribution is 6.04. The van der Waals surface area contributed by atoms with Crippen molar-refractivity contribution >= 4 is 29.1 Å². The van der Waals surface area contributed by atoms with Crippen molar-refractivity contribution in [2.75, 3.05) is 11.9 Å². The van der Waals surface area contributed by atoms with Crippen molar-refractivity contribution in [2.45, 2.75) is 20.4 Å². The van der Waals surface area contributed by atoms with Gasteiger partial charge in [0.2, 0.25) is 0 Å². The molecule has 0 spiro atoms. The molecule has 0 saturated carbocycles. The van der Waals surface area contributed by atoms with Gasteiger partial charge in [0, 0.05) is 18.4 Å². The minimum atomic E-state index is -0.706. The fraction of sp³-hybridized carbons (Fsp3) is 0.154. The maximum Gasteiger partial charge on any atom is 0.359 e. The van der Waals surface area contributed by atoms with Crippen LogP contribution in [0.15, 0.2) is 72.9 Å². The van der Waals surface area contributed by atoms with Gasteiger partial charge in [-0.25, -0.2) is 9.78 Å². The topological polar surface area (TPSA) is 102 Å². The Labute approximate surface area is 196 Å². The maximum absolute atomic E-state index is 12.7. The molecule has 8 heteroatoms. The molecule has 0 radical (unpaired) electrons. The van der Waals surface area contributed by atoms with E-state index >= 15 is 0 Å². The number of rotatable bonds is 7. The summed E-state index contributed by atoms with van der Waals surface area (Å²) in [5, 5.41) is 5.49. The quantitative estimate of drug-likeness (QED) is 0.413. The minimum absolute atomic E-state index is 0.109. The zero-order valence-electron chi connectivity index (χ0n) is 18.9. The van der Waals surface area contributed by atoms with Crippen LogP contribution in [0, 0.1) is 13.8 Å². The van der Waals surface area contributed by atoms with E-state index in [1.54, 1.807) is 40.9 Å². The average molecular weight is 457 g/mol. The summed E-state index contributed by atoms with van der Waals surface area (Å²) in [6.07, 6.45) is 1.57. The Balaban J connectivity index is 1.35. The summed E-state index contributed by atoms with van der Waals surface area (Å²) in [6.45, 7) is 3.74. The van der Waals surface area contributed by atoms with E-state index < -0.39 is 18.5 Å². The molecule has 4 aromatic rings. The molecule has 0 saturated heterocycles. The summed E-state index contributed by atoms with van der Waals surface area (Å²) in [7, 11) is 0. The predicted octanol–water partition coefficient (Wildman–Crippen LogP) is 3.68. The molecule has 8 nitrogen and oxygen atoms in total. The molecule has 34 heavy (non-hydrogen) atoms. The lowest BCUT2D eigenvalue weighted by molar-refractivity contribution is -0.119. The summed E-state index contributed by atoms with van der Waals surface area (Å²) in [5.41, 5.74) is 4.38. The van der Waals surface area contributed by atoms with Crippen LogP contribution < -0.4 is 10.6 Å². The van der Waals surface area contributed by atoms with E-state index in [1.165, 1.54) is 0 Å². The number of carbonyl (C=O) groups is 3. The van der Waals surface area contributed by atoms with Crippen molar-refractivity contribution in [3.8, 4) is 0 Å². The third-order valence-electron chi connectivity index (χ3n) is 5.26. The molecule has 2 amide bonds. The summed E-state index contributed by atoms with van der Waals surface area (Å²) in [5.74, 6) is -1.59. The molecule has 0 aliphatic rings. The zero-order valence-corrected chi connectivity index (χ0v) is 18.9. The Bertz CT molecular complexity index is 1360. The molecule has 4 rings (SSSR count). The summed E-state index contributed by atoms with van der Waals surface area (Å²) < 4.78 is 6.89. The second kappa shape index (κ2) is 9.99. The molecule has 0 aliphatic heterocycles. The molecular formula is C26H24N4O4. The van der Waals surface area contributed by atoms with Gasteiger partial charge in [0.05, 0.1) is 11.3 Å². The number of hydrogen-bond acceptors (Lipinski definition) is 5. The fourth-order valence-corrected chi connectivity index (χ4v) is 3.41. The van der Waals surface area contributed by atoms with Gasteiger partial charge in [0.25, 0.3) is 11.8 Å². The summed E-state index contributed by atoms with van der Waals surface area (Å²) in [6, 6.07) is 20.0. The molecule has 2 aromatic carbocycles. The van der Waals surface area contributed by atoms with Crippen LogP contribution in [0.25, 0.3) is 5.65 Å². The number of nitrogens with one attached hydrogen (secondary N) is 2. The summed E-state index contributed by atoms with van der Waals surface area (Å²) >= 11 is 0. The van der Waals surface area contributed by atoms with Gasteiger partial charge in [-0.15, -0.1) is 0 Å². The number of aromatic nitrogens is 2. The van der Waals surface area contributed by atoms with Crippen LogP contribution in [0.4, 0.5) is 5.69 Å². The van der Waals surface area contributed by atoms with Crippen molar-refractivity contribution in [3.63, 3.8) is 0 Å². The van der Waals surface area contributed by atoms with Crippen LogP contribution in [0.1, 0.15) is 37.7 Å². The number of imidazole rings is 1. The van der Waals surface area contributed by atoms with Crippen molar-refractivity contribution < 1.29 is 19.1 Å². The Morgan fingerprint density at radius 2 is 1.71 bits per heavy atom. The Kier molecular flexibility index (Phi) is 6.68. The van der Waals surface area contributed by atoms with Crippen LogP contribution in [0.5, 0.6) is 0 Å². The van der Waals surface area contributed by atoms with E-state index in [-0.39, 0.29) is 11.6 Å². The number of aryl methyl sites for hydroxylation is 2. The molecular weight excluding hydrogens is 432 g/mol. The fourth-order valence-electron chi connectivity index (χ4n) is 3.41. The Hall–Kier alpha value is -4.46. The molecule has 0 aliphatic carbocycles. The molecule has 0 unspecified atom stereocenters. The first-order chi connectivity index (χ1) is 16.4. The highest BCUT2D eigenvalue weighted by atomic mass is 16.5. The van der Waals surface area contributed by atoms with Gasteiger partial charge in [0.15, 0.2) is 12.3 Å². The smallest absolute Gasteiger partial charge is 0.359 e. The molecule has 0 fully saturated rings. The number of esters is 1. The summed E-state index contributed by atoms with van der Waals surface area (Å²) in [4.78, 5) is 41.7. The van der Waals surface area contributed by atoms with Gasteiger partial charge in [-0.1, -0.05) is 48.0 Å². The van der Waals surface area contributed by atoms with E-state index in [1.807, 2.05) is 50.2 Å². The molecule has 0 bridgehead atoms. The van der Waals surface area contributed by atoms with Gasteiger partial charge in [0.1, 0.15) is 5.65 Å². The molecule has 2 heterocycles. The van der Waals surface area contributed by atoms with Crippen LogP contribution >= 0.6 is 0 Å². The van der Waals surface area contributed by atoms with Gasteiger partial charge in [-0.2, -0.15) is 0 Å². The van der Waals surface area contributed by atoms with E-state index in [2.05, 4.69) is 15.6 Å². The lowest BCUT2D eigenvalue weighted by Gasteiger charge is -2.12. The molecule has 172 valence electrons. The maximum atomic E-state index is 12.7. The number of benzene rings is 2. The second-order valence-electron chi connectivity index (χ2n) is 7.86. The lowest BCUT2D eigenvalue weighted by Crippen LogP contribution is -2.26. The number of carbonyl (C=O) groups excluding carboxylic acids is 3. The average Bonchev–Trinajstić information content (AvgIpc) is 3.28. The van der Waals surface area contributed by atoms with Crippen LogP contribution in [-0.4, -0.2) is 33.8 Å². The number of ether oxygens (including phenoxy) is 1. The standard InChI is InChI=1S/C26H24N4O4/c1-17-10-12-19(13-11-17)14-27-25(32)20-7-3-4-8-21(20)29-24(31)16-34-26(33)22-15-30-18(2)6-5-9-23(30)28-22/h3-13,15H,14,16H2,1-2H3,(H,27,32)(H,29,31). The second-order valence-corrected chi connectivity index (χ2v) is 7.86. The number of fused-ring (bicyclic) bond motifs is 1. The van der Waals surface area contributed by atoms with Crippen molar-refractivity contribution in [1.29, 1.82) is 0 Å². The van der Waals surface area contributed by atoms with E-state index in [4.69, 9.17) is 4.74 Å². The van der Waals surface area contributed by atoms with Crippen LogP contribution in [-0.2, 0) is 16.1 Å². The highest BCUT2D eigenvalue weighted by Crippen LogP contribution is 2.16. The number of hydrogen-bond donors (Lipinski definition) is 2. The first-order valence-corrected chi connectivity index (χ1v) is 10.7. The van der Waals surface area contributed by atoms with E-state index in [0.29, 0.717) is 23.4 Å². The highest BCUT2D eigenvalue weighted by Gasteiger charge is 2.17. The number of para-hydroxylation sites is 1. The van der Waals surface area contributed by atoms with E-state index in [9.17, 15) is 14.4 Å². The first kappa shape index (κ1) is 22.7. The number of pyridine rings is 1. The molecule has 0 atom stereocenters. The van der Waals surface area contributed by atoms with Crippen LogP contribution in [0.2, 0.25) is 0 Å². The minimum Gasteiger partial charge on any atom is -0.451 e. The van der Waals surface area contributed by atoms with Gasteiger partial charge < -0.3 is 19.8 Å². The first-order valence-electron chi connectivity index (χ1n) is 10.7. The molecule has 2 aromatic heterocycles. The van der Waals surface area contributed by atoms with Crippen molar-refractivity contribution in [1.82, 2.24) is 14.7 Å².